The highest BCUT2D eigenvalue weighted by Crippen LogP contribution is 2.33. The van der Waals surface area contributed by atoms with E-state index in [1.54, 1.807) is 0 Å². The van der Waals surface area contributed by atoms with Gasteiger partial charge in [0.2, 0.25) is 5.91 Å². The average molecular weight is 224 g/mol. The van der Waals surface area contributed by atoms with Gasteiger partial charge in [-0.05, 0) is 43.9 Å². The molecule has 0 bridgehead atoms. The summed E-state index contributed by atoms with van der Waals surface area (Å²) in [7, 11) is 0. The number of carbonyl (C=O) groups is 1. The second-order valence-corrected chi connectivity index (χ2v) is 5.74. The maximum atomic E-state index is 12.1. The van der Waals surface area contributed by atoms with Crippen LogP contribution in [-0.2, 0) is 4.79 Å². The molecule has 3 heteroatoms. The van der Waals surface area contributed by atoms with Crippen LogP contribution in [0.15, 0.2) is 0 Å². The maximum absolute atomic E-state index is 12.1. The second-order valence-electron chi connectivity index (χ2n) is 5.74. The van der Waals surface area contributed by atoms with Gasteiger partial charge in [-0.15, -0.1) is 0 Å². The zero-order chi connectivity index (χ0) is 11.7. The fourth-order valence-electron chi connectivity index (χ4n) is 3.37. The first-order chi connectivity index (χ1) is 7.59. The van der Waals surface area contributed by atoms with E-state index in [4.69, 9.17) is 5.73 Å². The number of hydrogen-bond acceptors (Lipinski definition) is 2. The predicted octanol–water partition coefficient (Wildman–Crippen LogP) is 1.76. The molecule has 0 radical (unpaired) electrons. The van der Waals surface area contributed by atoms with Crippen LogP contribution in [0.1, 0.15) is 46.0 Å². The van der Waals surface area contributed by atoms with Crippen molar-refractivity contribution in [2.24, 2.45) is 17.6 Å². The molecule has 2 aliphatic rings. The van der Waals surface area contributed by atoms with E-state index < -0.39 is 0 Å². The molecule has 1 aliphatic carbocycles. The predicted molar refractivity (Wildman–Crippen MR) is 64.9 cm³/mol. The van der Waals surface area contributed by atoms with Gasteiger partial charge in [-0.2, -0.15) is 0 Å². The summed E-state index contributed by atoms with van der Waals surface area (Å²) in [5.74, 6) is 1.65. The zero-order valence-electron chi connectivity index (χ0n) is 10.5. The van der Waals surface area contributed by atoms with E-state index in [9.17, 15) is 4.79 Å². The van der Waals surface area contributed by atoms with Crippen molar-refractivity contribution >= 4 is 5.91 Å². The molecule has 1 aliphatic heterocycles. The van der Waals surface area contributed by atoms with Gasteiger partial charge in [-0.3, -0.25) is 4.79 Å². The summed E-state index contributed by atoms with van der Waals surface area (Å²) < 4.78 is 0. The summed E-state index contributed by atoms with van der Waals surface area (Å²) in [6.07, 6.45) is 5.62. The molecule has 1 saturated carbocycles. The number of nitrogens with two attached hydrogens (primary N) is 1. The molecule has 16 heavy (non-hydrogen) atoms. The molecular weight excluding hydrogens is 200 g/mol. The van der Waals surface area contributed by atoms with Crippen molar-refractivity contribution < 1.29 is 4.79 Å². The summed E-state index contributed by atoms with van der Waals surface area (Å²) in [5.41, 5.74) is 5.86. The number of nitrogens with zero attached hydrogens (tertiary/aromatic N) is 1. The Bertz CT molecular complexity index is 267. The van der Waals surface area contributed by atoms with Crippen molar-refractivity contribution in [1.29, 1.82) is 0 Å². The van der Waals surface area contributed by atoms with Crippen LogP contribution in [0, 0.1) is 11.8 Å². The lowest BCUT2D eigenvalue weighted by Gasteiger charge is -2.43. The number of piperidine rings is 1. The van der Waals surface area contributed by atoms with Crippen molar-refractivity contribution in [3.05, 3.63) is 0 Å². The Morgan fingerprint density at radius 2 is 2.00 bits per heavy atom. The van der Waals surface area contributed by atoms with Crippen LogP contribution in [0.2, 0.25) is 0 Å². The van der Waals surface area contributed by atoms with Gasteiger partial charge >= 0.3 is 0 Å². The smallest absolute Gasteiger partial charge is 0.239 e. The van der Waals surface area contributed by atoms with Crippen molar-refractivity contribution in [3.63, 3.8) is 0 Å². The Hall–Kier alpha value is -0.570. The van der Waals surface area contributed by atoms with Gasteiger partial charge < -0.3 is 10.6 Å². The molecule has 0 spiro atoms. The van der Waals surface area contributed by atoms with E-state index in [-0.39, 0.29) is 11.9 Å². The van der Waals surface area contributed by atoms with E-state index >= 15 is 0 Å². The Morgan fingerprint density at radius 1 is 1.25 bits per heavy atom. The zero-order valence-corrected chi connectivity index (χ0v) is 10.5. The lowest BCUT2D eigenvalue weighted by molar-refractivity contribution is -0.139. The van der Waals surface area contributed by atoms with Crippen LogP contribution in [0.3, 0.4) is 0 Å². The molecule has 1 heterocycles. The third-order valence-electron chi connectivity index (χ3n) is 4.30. The van der Waals surface area contributed by atoms with Crippen LogP contribution in [0.4, 0.5) is 0 Å². The first kappa shape index (κ1) is 11.9. The van der Waals surface area contributed by atoms with Crippen LogP contribution >= 0.6 is 0 Å². The van der Waals surface area contributed by atoms with Gasteiger partial charge in [0.05, 0.1) is 6.04 Å². The van der Waals surface area contributed by atoms with Crippen LogP contribution in [0.25, 0.3) is 0 Å². The van der Waals surface area contributed by atoms with Gasteiger partial charge in [0.15, 0.2) is 0 Å². The van der Waals surface area contributed by atoms with E-state index in [0.29, 0.717) is 12.0 Å². The summed E-state index contributed by atoms with van der Waals surface area (Å²) >= 11 is 0. The highest BCUT2D eigenvalue weighted by Gasteiger charge is 2.36. The highest BCUT2D eigenvalue weighted by molar-refractivity contribution is 5.82. The molecule has 1 amide bonds. The Balaban J connectivity index is 2.03. The van der Waals surface area contributed by atoms with Crippen molar-refractivity contribution in [3.8, 4) is 0 Å². The van der Waals surface area contributed by atoms with Gasteiger partial charge in [0, 0.05) is 12.6 Å². The van der Waals surface area contributed by atoms with E-state index in [1.807, 2.05) is 0 Å². The lowest BCUT2D eigenvalue weighted by Crippen LogP contribution is -2.55. The molecule has 2 rings (SSSR count). The molecular formula is C13H24N2O. The monoisotopic (exact) mass is 224 g/mol. The Labute approximate surface area is 98.4 Å². The van der Waals surface area contributed by atoms with Crippen LogP contribution < -0.4 is 5.73 Å². The first-order valence-corrected chi connectivity index (χ1v) is 6.65. The topological polar surface area (TPSA) is 46.3 Å². The van der Waals surface area contributed by atoms with Gasteiger partial charge in [-0.25, -0.2) is 0 Å². The van der Waals surface area contributed by atoms with Crippen LogP contribution in [0.5, 0.6) is 0 Å². The minimum Gasteiger partial charge on any atom is -0.338 e. The number of amides is 1. The fourth-order valence-corrected chi connectivity index (χ4v) is 3.37. The molecule has 0 aromatic rings. The Kier molecular flexibility index (Phi) is 3.53. The normalized spacial score (nSPS) is 41.2. The van der Waals surface area contributed by atoms with Gasteiger partial charge in [0.25, 0.3) is 0 Å². The summed E-state index contributed by atoms with van der Waals surface area (Å²) in [5, 5.41) is 0. The molecule has 1 saturated heterocycles. The molecule has 92 valence electrons. The molecule has 4 atom stereocenters. The quantitative estimate of drug-likeness (QED) is 0.737. The van der Waals surface area contributed by atoms with Gasteiger partial charge in [0.1, 0.15) is 0 Å². The van der Waals surface area contributed by atoms with Gasteiger partial charge in [-0.1, -0.05) is 13.8 Å². The first-order valence-electron chi connectivity index (χ1n) is 6.65. The fraction of sp³-hybridized carbons (Fsp3) is 0.923. The maximum Gasteiger partial charge on any atom is 0.239 e. The number of rotatable bonds is 1. The van der Waals surface area contributed by atoms with Crippen molar-refractivity contribution in [1.82, 2.24) is 4.90 Å². The summed E-state index contributed by atoms with van der Waals surface area (Å²) in [6.45, 7) is 5.53. The molecule has 2 N–H and O–H groups in total. The van der Waals surface area contributed by atoms with E-state index in [2.05, 4.69) is 18.7 Å². The van der Waals surface area contributed by atoms with Crippen molar-refractivity contribution in [2.75, 3.05) is 6.54 Å². The van der Waals surface area contributed by atoms with Crippen molar-refractivity contribution in [2.45, 2.75) is 58.0 Å². The molecule has 0 aromatic carbocycles. The second kappa shape index (κ2) is 4.74. The Morgan fingerprint density at radius 3 is 2.69 bits per heavy atom. The minimum absolute atomic E-state index is 0.192. The minimum atomic E-state index is -0.236. The third kappa shape index (κ3) is 2.24. The highest BCUT2D eigenvalue weighted by atomic mass is 16.2. The molecule has 0 aromatic heterocycles. The average Bonchev–Trinajstić information content (AvgIpc) is 2.23. The summed E-state index contributed by atoms with van der Waals surface area (Å²) in [6, 6.07) is 0.218. The number of likely N-dealkylation sites (tertiary alicyclic amines) is 1. The third-order valence-corrected chi connectivity index (χ3v) is 4.30. The molecule has 4 unspecified atom stereocenters. The lowest BCUT2D eigenvalue weighted by atomic mass is 9.78. The SMILES string of the molecule is CC1CCC(N2CCCC(N)C2=O)C(C)C1. The van der Waals surface area contributed by atoms with E-state index in [0.717, 1.165) is 25.3 Å². The molecule has 2 fully saturated rings. The number of hydrogen-bond donors (Lipinski definition) is 1. The van der Waals surface area contributed by atoms with E-state index in [1.165, 1.54) is 19.3 Å². The standard InChI is InChI=1S/C13H24N2O/c1-9-5-6-12(10(2)8-9)15-7-3-4-11(14)13(15)16/h9-12H,3-8,14H2,1-2H3. The largest absolute Gasteiger partial charge is 0.338 e. The summed E-state index contributed by atoms with van der Waals surface area (Å²) in [4.78, 5) is 14.1. The van der Waals surface area contributed by atoms with Crippen LogP contribution in [-0.4, -0.2) is 29.4 Å². The molecule has 3 nitrogen and oxygen atoms in total. The number of carbonyl (C=O) groups excluding carboxylic acids is 1.